The summed E-state index contributed by atoms with van der Waals surface area (Å²) in [6.45, 7) is 3.12. The number of likely N-dealkylation sites (tertiary alicyclic amines) is 1. The van der Waals surface area contributed by atoms with Crippen LogP contribution in [-0.4, -0.2) is 41.7 Å². The van der Waals surface area contributed by atoms with E-state index >= 15 is 0 Å². The van der Waals surface area contributed by atoms with Crippen molar-refractivity contribution in [2.24, 2.45) is 0 Å². The van der Waals surface area contributed by atoms with E-state index in [2.05, 4.69) is 24.2 Å². The number of nitrogens with zero attached hydrogens (tertiary/aromatic N) is 1. The lowest BCUT2D eigenvalue weighted by Crippen LogP contribution is -2.42. The fourth-order valence-corrected chi connectivity index (χ4v) is 2.46. The average molecular weight is 266 g/mol. The molecule has 2 rings (SSSR count). The van der Waals surface area contributed by atoms with E-state index in [0.29, 0.717) is 11.7 Å². The lowest BCUT2D eigenvalue weighted by Gasteiger charge is -2.36. The molecule has 1 saturated heterocycles. The Morgan fingerprint density at radius 3 is 2.89 bits per heavy atom. The van der Waals surface area contributed by atoms with Crippen LogP contribution in [0.4, 0.5) is 10.1 Å². The molecule has 0 saturated carbocycles. The summed E-state index contributed by atoms with van der Waals surface area (Å²) in [6, 6.07) is 4.53. The molecule has 2 unspecified atom stereocenters. The minimum atomic E-state index is -1.11. The Hall–Kier alpha value is -1.62. The molecule has 1 heterocycles. The minimum Gasteiger partial charge on any atom is -0.478 e. The minimum absolute atomic E-state index is 0.00780. The Morgan fingerprint density at radius 1 is 1.53 bits per heavy atom. The number of piperidine rings is 1. The maximum absolute atomic E-state index is 13.1. The number of aromatic carboxylic acids is 1. The Kier molecular flexibility index (Phi) is 4.04. The summed E-state index contributed by atoms with van der Waals surface area (Å²) in [7, 11) is 2.08. The van der Waals surface area contributed by atoms with Gasteiger partial charge in [0.25, 0.3) is 0 Å². The zero-order chi connectivity index (χ0) is 14.0. The third-order valence-electron chi connectivity index (χ3n) is 3.78. The van der Waals surface area contributed by atoms with E-state index in [1.54, 1.807) is 0 Å². The quantitative estimate of drug-likeness (QED) is 0.882. The first kappa shape index (κ1) is 13.8. The van der Waals surface area contributed by atoms with Crippen molar-refractivity contribution in [3.63, 3.8) is 0 Å². The van der Waals surface area contributed by atoms with E-state index in [-0.39, 0.29) is 11.6 Å². The van der Waals surface area contributed by atoms with Gasteiger partial charge in [-0.3, -0.25) is 0 Å². The Labute approximate surface area is 112 Å². The molecule has 0 aromatic heterocycles. The number of carboxylic acids is 1. The predicted molar refractivity (Wildman–Crippen MR) is 72.1 cm³/mol. The summed E-state index contributed by atoms with van der Waals surface area (Å²) >= 11 is 0. The highest BCUT2D eigenvalue weighted by Gasteiger charge is 2.23. The second kappa shape index (κ2) is 5.57. The van der Waals surface area contributed by atoms with Crippen LogP contribution >= 0.6 is 0 Å². The SMILES string of the molecule is CC1CC(Nc2ccc(F)cc2C(=O)O)CCN1C. The van der Waals surface area contributed by atoms with Crippen LogP contribution in [0.15, 0.2) is 18.2 Å². The van der Waals surface area contributed by atoms with E-state index in [0.717, 1.165) is 25.5 Å². The van der Waals surface area contributed by atoms with Crippen molar-refractivity contribution in [2.45, 2.75) is 31.8 Å². The molecule has 0 amide bonds. The molecule has 19 heavy (non-hydrogen) atoms. The van der Waals surface area contributed by atoms with Gasteiger partial charge >= 0.3 is 5.97 Å². The summed E-state index contributed by atoms with van der Waals surface area (Å²) in [5.74, 6) is -1.64. The van der Waals surface area contributed by atoms with Crippen LogP contribution in [0.5, 0.6) is 0 Å². The Bertz CT molecular complexity index is 479. The van der Waals surface area contributed by atoms with Crippen molar-refractivity contribution in [3.05, 3.63) is 29.6 Å². The molecule has 1 aromatic rings. The van der Waals surface area contributed by atoms with Crippen molar-refractivity contribution < 1.29 is 14.3 Å². The summed E-state index contributed by atoms with van der Waals surface area (Å²) in [4.78, 5) is 13.4. The van der Waals surface area contributed by atoms with E-state index in [1.165, 1.54) is 12.1 Å². The van der Waals surface area contributed by atoms with Gasteiger partial charge in [-0.1, -0.05) is 0 Å². The number of anilines is 1. The van der Waals surface area contributed by atoms with Crippen LogP contribution in [0, 0.1) is 5.82 Å². The molecule has 4 nitrogen and oxygen atoms in total. The fraction of sp³-hybridized carbons (Fsp3) is 0.500. The highest BCUT2D eigenvalue weighted by atomic mass is 19.1. The third-order valence-corrected chi connectivity index (χ3v) is 3.78. The van der Waals surface area contributed by atoms with Crippen molar-refractivity contribution in [2.75, 3.05) is 18.9 Å². The van der Waals surface area contributed by atoms with Gasteiger partial charge in [-0.2, -0.15) is 0 Å². The number of carboxylic acid groups (broad SMARTS) is 1. The largest absolute Gasteiger partial charge is 0.478 e. The van der Waals surface area contributed by atoms with Crippen LogP contribution in [0.1, 0.15) is 30.1 Å². The van der Waals surface area contributed by atoms with Gasteiger partial charge < -0.3 is 15.3 Å². The fourth-order valence-electron chi connectivity index (χ4n) is 2.46. The number of hydrogen-bond acceptors (Lipinski definition) is 3. The monoisotopic (exact) mass is 266 g/mol. The summed E-state index contributed by atoms with van der Waals surface area (Å²) in [5.41, 5.74) is 0.488. The van der Waals surface area contributed by atoms with Crippen molar-refractivity contribution in [1.82, 2.24) is 4.90 Å². The number of carbonyl (C=O) groups is 1. The van der Waals surface area contributed by atoms with Gasteiger partial charge in [-0.05, 0) is 45.0 Å². The molecule has 2 atom stereocenters. The number of rotatable bonds is 3. The van der Waals surface area contributed by atoms with Crippen LogP contribution in [0.3, 0.4) is 0 Å². The zero-order valence-corrected chi connectivity index (χ0v) is 11.2. The lowest BCUT2D eigenvalue weighted by atomic mass is 9.98. The zero-order valence-electron chi connectivity index (χ0n) is 11.2. The summed E-state index contributed by atoms with van der Waals surface area (Å²) in [6.07, 6.45) is 1.91. The van der Waals surface area contributed by atoms with Crippen LogP contribution < -0.4 is 5.32 Å². The average Bonchev–Trinajstić information content (AvgIpc) is 2.36. The molecule has 1 fully saturated rings. The molecule has 104 valence electrons. The maximum Gasteiger partial charge on any atom is 0.337 e. The molecule has 5 heteroatoms. The molecule has 0 spiro atoms. The lowest BCUT2D eigenvalue weighted by molar-refractivity contribution is 0.0697. The topological polar surface area (TPSA) is 52.6 Å². The molecule has 1 aromatic carbocycles. The van der Waals surface area contributed by atoms with Crippen LogP contribution in [0.25, 0.3) is 0 Å². The third kappa shape index (κ3) is 3.23. The molecule has 0 bridgehead atoms. The molecular weight excluding hydrogens is 247 g/mol. The predicted octanol–water partition coefficient (Wildman–Crippen LogP) is 2.42. The second-order valence-electron chi connectivity index (χ2n) is 5.19. The highest BCUT2D eigenvalue weighted by Crippen LogP contribution is 2.23. The number of halogens is 1. The van der Waals surface area contributed by atoms with Gasteiger partial charge in [0.05, 0.1) is 5.56 Å². The van der Waals surface area contributed by atoms with Crippen LogP contribution in [-0.2, 0) is 0 Å². The van der Waals surface area contributed by atoms with Gasteiger partial charge in [-0.15, -0.1) is 0 Å². The van der Waals surface area contributed by atoms with Gasteiger partial charge in [0, 0.05) is 24.3 Å². The molecule has 0 aliphatic carbocycles. The number of nitrogens with one attached hydrogen (secondary N) is 1. The normalized spacial score (nSPS) is 24.2. The second-order valence-corrected chi connectivity index (χ2v) is 5.19. The molecule has 0 radical (unpaired) electrons. The smallest absolute Gasteiger partial charge is 0.337 e. The first-order valence-corrected chi connectivity index (χ1v) is 6.47. The van der Waals surface area contributed by atoms with Gasteiger partial charge in [0.2, 0.25) is 0 Å². The summed E-state index contributed by atoms with van der Waals surface area (Å²) < 4.78 is 13.1. The molecular formula is C14H19FN2O2. The first-order valence-electron chi connectivity index (χ1n) is 6.47. The van der Waals surface area contributed by atoms with Crippen LogP contribution in [0.2, 0.25) is 0 Å². The molecule has 1 aliphatic heterocycles. The highest BCUT2D eigenvalue weighted by molar-refractivity contribution is 5.94. The van der Waals surface area contributed by atoms with E-state index < -0.39 is 11.8 Å². The van der Waals surface area contributed by atoms with Crippen molar-refractivity contribution in [1.29, 1.82) is 0 Å². The first-order chi connectivity index (χ1) is 8.97. The number of hydrogen-bond donors (Lipinski definition) is 2. The summed E-state index contributed by atoms with van der Waals surface area (Å²) in [5, 5.41) is 12.3. The number of benzene rings is 1. The van der Waals surface area contributed by atoms with E-state index in [9.17, 15) is 9.18 Å². The Morgan fingerprint density at radius 2 is 2.26 bits per heavy atom. The van der Waals surface area contributed by atoms with E-state index in [4.69, 9.17) is 5.11 Å². The van der Waals surface area contributed by atoms with Gasteiger partial charge in [0.1, 0.15) is 5.82 Å². The standard InChI is InChI=1S/C14H19FN2O2/c1-9-7-11(5-6-17(9)2)16-13-4-3-10(15)8-12(13)14(18)19/h3-4,8-9,11,16H,5-7H2,1-2H3,(H,18,19). The maximum atomic E-state index is 13.1. The van der Waals surface area contributed by atoms with Crippen molar-refractivity contribution in [3.8, 4) is 0 Å². The molecule has 2 N–H and O–H groups in total. The van der Waals surface area contributed by atoms with Crippen molar-refractivity contribution >= 4 is 11.7 Å². The molecule has 1 aliphatic rings. The Balaban J connectivity index is 2.13. The van der Waals surface area contributed by atoms with Gasteiger partial charge in [-0.25, -0.2) is 9.18 Å². The van der Waals surface area contributed by atoms with E-state index in [1.807, 2.05) is 0 Å². The van der Waals surface area contributed by atoms with Gasteiger partial charge in [0.15, 0.2) is 0 Å².